The second kappa shape index (κ2) is 9.26. The van der Waals surface area contributed by atoms with Crippen molar-refractivity contribution < 1.29 is 29.1 Å². The van der Waals surface area contributed by atoms with Crippen molar-refractivity contribution in [2.75, 3.05) is 0 Å². The molecule has 1 aliphatic rings. The lowest BCUT2D eigenvalue weighted by Crippen LogP contribution is -2.63. The third-order valence-corrected chi connectivity index (χ3v) is 4.94. The largest absolute Gasteiger partial charge is 0.507 e. The fourth-order valence-corrected chi connectivity index (χ4v) is 3.43. The van der Waals surface area contributed by atoms with Crippen LogP contribution in [0.4, 0.5) is 0 Å². The van der Waals surface area contributed by atoms with Crippen LogP contribution in [0.2, 0.25) is 0 Å². The number of rotatable bonds is 5. The first-order chi connectivity index (χ1) is 14.3. The van der Waals surface area contributed by atoms with Crippen molar-refractivity contribution in [3.8, 4) is 5.75 Å². The number of esters is 1. The molecule has 31 heavy (non-hydrogen) atoms. The summed E-state index contributed by atoms with van der Waals surface area (Å²) in [5, 5.41) is 11.5. The summed E-state index contributed by atoms with van der Waals surface area (Å²) < 4.78 is 5.53. The van der Waals surface area contributed by atoms with Crippen LogP contribution in [0.1, 0.15) is 67.2 Å². The predicted molar refractivity (Wildman–Crippen MR) is 114 cm³/mol. The van der Waals surface area contributed by atoms with Crippen LogP contribution in [0.5, 0.6) is 5.75 Å². The predicted octanol–water partition coefficient (Wildman–Crippen LogP) is 3.40. The van der Waals surface area contributed by atoms with Crippen molar-refractivity contribution >= 4 is 17.8 Å². The monoisotopic (exact) mass is 434 g/mol. The molecule has 0 aromatic heterocycles. The Labute approximate surface area is 184 Å². The van der Waals surface area contributed by atoms with Gasteiger partial charge in [-0.05, 0) is 39.7 Å². The quantitative estimate of drug-likeness (QED) is 0.714. The van der Waals surface area contributed by atoms with Crippen LogP contribution in [0.15, 0.2) is 24.3 Å². The Hall–Kier alpha value is -2.61. The average Bonchev–Trinajstić information content (AvgIpc) is 2.63. The molecule has 3 atom stereocenters. The van der Waals surface area contributed by atoms with Gasteiger partial charge in [-0.2, -0.15) is 0 Å². The van der Waals surface area contributed by atoms with E-state index < -0.39 is 41.7 Å². The Morgan fingerprint density at radius 1 is 1.13 bits per heavy atom. The van der Waals surface area contributed by atoms with Gasteiger partial charge in [0.1, 0.15) is 17.4 Å². The summed E-state index contributed by atoms with van der Waals surface area (Å²) in [5.74, 6) is -2.21. The van der Waals surface area contributed by atoms with Crippen molar-refractivity contribution in [3.63, 3.8) is 0 Å². The molecule has 8 heteroatoms. The number of para-hydroxylation sites is 1. The van der Waals surface area contributed by atoms with Crippen LogP contribution in [0.3, 0.4) is 0 Å². The second-order valence-corrected chi connectivity index (χ2v) is 9.48. The summed E-state index contributed by atoms with van der Waals surface area (Å²) in [7, 11) is 0. The van der Waals surface area contributed by atoms with E-state index in [-0.39, 0.29) is 17.6 Å². The number of phenolic OH excluding ortho intramolecular Hbond substituents is 1. The Kier molecular flexibility index (Phi) is 7.36. The number of carbonyl (C=O) groups excluding carboxylic acids is 3. The van der Waals surface area contributed by atoms with Crippen LogP contribution in [-0.4, -0.2) is 50.5 Å². The van der Waals surface area contributed by atoms with E-state index in [9.17, 15) is 19.5 Å². The summed E-state index contributed by atoms with van der Waals surface area (Å²) >= 11 is 0. The minimum absolute atomic E-state index is 0.0751. The number of aromatic hydroxyl groups is 1. The molecule has 2 amide bonds. The molecule has 1 fully saturated rings. The minimum atomic E-state index is -1.08. The molecule has 1 aromatic rings. The lowest BCUT2D eigenvalue weighted by Gasteiger charge is -2.47. The summed E-state index contributed by atoms with van der Waals surface area (Å²) in [6.07, 6.45) is -1.08. The summed E-state index contributed by atoms with van der Waals surface area (Å²) in [6.45, 7) is 13.9. The van der Waals surface area contributed by atoms with Gasteiger partial charge < -0.3 is 9.84 Å². The highest BCUT2D eigenvalue weighted by Crippen LogP contribution is 2.38. The van der Waals surface area contributed by atoms with E-state index in [1.54, 1.807) is 73.6 Å². The highest BCUT2D eigenvalue weighted by atomic mass is 16.7. The number of nitrogens with zero attached hydrogens (tertiary/aromatic N) is 2. The van der Waals surface area contributed by atoms with E-state index in [0.29, 0.717) is 5.56 Å². The van der Waals surface area contributed by atoms with Gasteiger partial charge in [-0.25, -0.2) is 14.7 Å². The van der Waals surface area contributed by atoms with Gasteiger partial charge in [0, 0.05) is 11.5 Å². The molecule has 0 aliphatic carbocycles. The third-order valence-electron chi connectivity index (χ3n) is 4.94. The summed E-state index contributed by atoms with van der Waals surface area (Å²) in [6, 6.07) is 4.54. The first kappa shape index (κ1) is 24.7. The lowest BCUT2D eigenvalue weighted by atomic mass is 10.0. The molecule has 1 unspecified atom stereocenters. The van der Waals surface area contributed by atoms with Gasteiger partial charge in [0.05, 0.1) is 0 Å². The molecule has 0 saturated carbocycles. The lowest BCUT2D eigenvalue weighted by molar-refractivity contribution is -0.286. The van der Waals surface area contributed by atoms with Gasteiger partial charge in [0.25, 0.3) is 5.91 Å². The molecule has 1 aromatic carbocycles. The molecule has 2 rings (SSSR count). The van der Waals surface area contributed by atoms with Gasteiger partial charge in [0.15, 0.2) is 12.3 Å². The smallest absolute Gasteiger partial charge is 0.332 e. The Morgan fingerprint density at radius 2 is 1.71 bits per heavy atom. The van der Waals surface area contributed by atoms with Crippen molar-refractivity contribution in [2.24, 2.45) is 11.8 Å². The number of hydrogen-bond acceptors (Lipinski definition) is 6. The van der Waals surface area contributed by atoms with E-state index in [2.05, 4.69) is 0 Å². The normalized spacial score (nSPS) is 20.9. The molecule has 8 nitrogen and oxygen atoms in total. The molecule has 0 radical (unpaired) electrons. The maximum atomic E-state index is 13.3. The fourth-order valence-electron chi connectivity index (χ4n) is 3.43. The third kappa shape index (κ3) is 5.36. The van der Waals surface area contributed by atoms with Crippen molar-refractivity contribution in [3.05, 3.63) is 29.8 Å². The first-order valence-electron chi connectivity index (χ1n) is 10.6. The second-order valence-electron chi connectivity index (χ2n) is 9.48. The maximum absolute atomic E-state index is 13.3. The number of ether oxygens (including phenoxy) is 1. The standard InChI is InChI=1S/C23H34N2O6/c1-13(2)18(22(29)30-23(6,7)8)25-20(28)15(5)24(19(27)14(3)4)21(31-25)16-11-9-10-12-17(16)26/h9-15,18,21,26H,1-8H3/t15-,18-,21?/m0/s1. The van der Waals surface area contributed by atoms with Crippen LogP contribution in [0.25, 0.3) is 0 Å². The minimum Gasteiger partial charge on any atom is -0.507 e. The van der Waals surface area contributed by atoms with Gasteiger partial charge in [-0.1, -0.05) is 45.9 Å². The van der Waals surface area contributed by atoms with E-state index in [4.69, 9.17) is 9.57 Å². The zero-order valence-electron chi connectivity index (χ0n) is 19.6. The molecule has 1 heterocycles. The number of hydroxylamine groups is 2. The van der Waals surface area contributed by atoms with Gasteiger partial charge >= 0.3 is 5.97 Å². The highest BCUT2D eigenvalue weighted by molar-refractivity contribution is 5.91. The Balaban J connectivity index is 2.54. The SMILES string of the molecule is CC(C)C(=O)N1C(c2ccccc2O)ON([C@H](C(=O)OC(C)(C)C)C(C)C)C(=O)[C@@H]1C. The molecule has 0 spiro atoms. The molecule has 1 saturated heterocycles. The zero-order valence-corrected chi connectivity index (χ0v) is 19.6. The van der Waals surface area contributed by atoms with E-state index in [1.165, 1.54) is 11.0 Å². The number of benzene rings is 1. The maximum Gasteiger partial charge on any atom is 0.332 e. The molecule has 172 valence electrons. The molecule has 1 aliphatic heterocycles. The van der Waals surface area contributed by atoms with Gasteiger partial charge in [-0.3, -0.25) is 14.5 Å². The fraction of sp³-hybridized carbons (Fsp3) is 0.609. The van der Waals surface area contributed by atoms with Gasteiger partial charge in [-0.15, -0.1) is 0 Å². The highest BCUT2D eigenvalue weighted by Gasteiger charge is 2.49. The summed E-state index contributed by atoms with van der Waals surface area (Å²) in [4.78, 5) is 46.6. The summed E-state index contributed by atoms with van der Waals surface area (Å²) in [5.41, 5.74) is -0.418. The van der Waals surface area contributed by atoms with Crippen LogP contribution in [0, 0.1) is 11.8 Å². The van der Waals surface area contributed by atoms with Crippen LogP contribution >= 0.6 is 0 Å². The van der Waals surface area contributed by atoms with Crippen LogP contribution < -0.4 is 0 Å². The molecule has 1 N–H and O–H groups in total. The topological polar surface area (TPSA) is 96.4 Å². The van der Waals surface area contributed by atoms with Gasteiger partial charge in [0.2, 0.25) is 5.91 Å². The first-order valence-corrected chi connectivity index (χ1v) is 10.6. The van der Waals surface area contributed by atoms with E-state index in [1.807, 2.05) is 0 Å². The Morgan fingerprint density at radius 3 is 2.19 bits per heavy atom. The van der Waals surface area contributed by atoms with Crippen molar-refractivity contribution in [1.82, 2.24) is 9.96 Å². The van der Waals surface area contributed by atoms with E-state index >= 15 is 0 Å². The molecular formula is C23H34N2O6. The Bertz CT molecular complexity index is 830. The van der Waals surface area contributed by atoms with Crippen LogP contribution in [-0.2, 0) is 24.0 Å². The number of carbonyl (C=O) groups is 3. The number of amides is 2. The molecular weight excluding hydrogens is 400 g/mol. The molecule has 0 bridgehead atoms. The van der Waals surface area contributed by atoms with Crippen molar-refractivity contribution in [2.45, 2.75) is 79.3 Å². The van der Waals surface area contributed by atoms with Crippen molar-refractivity contribution in [1.29, 1.82) is 0 Å². The number of hydrogen-bond donors (Lipinski definition) is 1. The zero-order chi connectivity index (χ0) is 23.7. The van der Waals surface area contributed by atoms with E-state index in [0.717, 1.165) is 5.06 Å². The number of phenols is 1. The average molecular weight is 435 g/mol.